The second kappa shape index (κ2) is 7.89. The van der Waals surface area contributed by atoms with Gasteiger partial charge >= 0.3 is 0 Å². The minimum absolute atomic E-state index is 0.0205. The highest BCUT2D eigenvalue weighted by Crippen LogP contribution is 2.26. The number of carbonyl (C=O) groups is 1. The SMILES string of the molecule is Cc1ccc(C(CNC(=O)c2ccc(O)c(Cl)c2)N2CCCC2)cc1. The minimum Gasteiger partial charge on any atom is -0.506 e. The molecule has 25 heavy (non-hydrogen) atoms. The third-order valence-electron chi connectivity index (χ3n) is 4.71. The summed E-state index contributed by atoms with van der Waals surface area (Å²) in [5.41, 5.74) is 2.90. The lowest BCUT2D eigenvalue weighted by atomic mass is 10.0. The lowest BCUT2D eigenvalue weighted by molar-refractivity contribution is 0.0938. The van der Waals surface area contributed by atoms with Gasteiger partial charge in [0, 0.05) is 12.1 Å². The molecule has 1 atom stereocenters. The summed E-state index contributed by atoms with van der Waals surface area (Å²) in [4.78, 5) is 14.9. The standard InChI is InChI=1S/C20H23ClN2O2/c1-14-4-6-15(7-5-14)18(23-10-2-3-11-23)13-22-20(25)16-8-9-19(24)17(21)12-16/h4-9,12,18,24H,2-3,10-11,13H2,1H3,(H,22,25). The molecule has 1 amide bonds. The van der Waals surface area contributed by atoms with Crippen LogP contribution in [0, 0.1) is 6.92 Å². The quantitative estimate of drug-likeness (QED) is 0.851. The van der Waals surface area contributed by atoms with Crippen molar-refractivity contribution < 1.29 is 9.90 Å². The lowest BCUT2D eigenvalue weighted by Gasteiger charge is -2.28. The third kappa shape index (κ3) is 4.33. The van der Waals surface area contributed by atoms with Crippen LogP contribution in [0.2, 0.25) is 5.02 Å². The number of phenolic OH excluding ortho intramolecular Hbond substituents is 1. The second-order valence-corrected chi connectivity index (χ2v) is 6.95. The Morgan fingerprint density at radius 3 is 2.52 bits per heavy atom. The molecule has 4 nitrogen and oxygen atoms in total. The molecule has 0 spiro atoms. The van der Waals surface area contributed by atoms with E-state index in [-0.39, 0.29) is 22.7 Å². The number of likely N-dealkylation sites (tertiary alicyclic amines) is 1. The predicted octanol–water partition coefficient (Wildman–Crippen LogP) is 3.92. The molecule has 1 aliphatic rings. The molecule has 0 aliphatic carbocycles. The average Bonchev–Trinajstić information content (AvgIpc) is 3.13. The van der Waals surface area contributed by atoms with Crippen molar-refractivity contribution in [2.75, 3.05) is 19.6 Å². The molecule has 5 heteroatoms. The summed E-state index contributed by atoms with van der Waals surface area (Å²) >= 11 is 5.90. The number of nitrogens with zero attached hydrogens (tertiary/aromatic N) is 1. The van der Waals surface area contributed by atoms with Gasteiger partial charge in [-0.2, -0.15) is 0 Å². The fourth-order valence-corrected chi connectivity index (χ4v) is 3.42. The Hall–Kier alpha value is -2.04. The van der Waals surface area contributed by atoms with Gasteiger partial charge in [0.15, 0.2) is 0 Å². The van der Waals surface area contributed by atoms with E-state index in [9.17, 15) is 9.90 Å². The molecule has 2 aromatic carbocycles. The maximum Gasteiger partial charge on any atom is 0.251 e. The summed E-state index contributed by atoms with van der Waals surface area (Å²) in [6.07, 6.45) is 2.40. The van der Waals surface area contributed by atoms with E-state index in [0.29, 0.717) is 12.1 Å². The van der Waals surface area contributed by atoms with Crippen molar-refractivity contribution in [3.8, 4) is 5.75 Å². The van der Waals surface area contributed by atoms with Gasteiger partial charge in [-0.05, 0) is 56.6 Å². The molecule has 1 aliphatic heterocycles. The van der Waals surface area contributed by atoms with E-state index in [4.69, 9.17) is 11.6 Å². The van der Waals surface area contributed by atoms with Crippen molar-refractivity contribution in [3.63, 3.8) is 0 Å². The number of amides is 1. The smallest absolute Gasteiger partial charge is 0.251 e. The van der Waals surface area contributed by atoms with E-state index in [2.05, 4.69) is 41.4 Å². The summed E-state index contributed by atoms with van der Waals surface area (Å²) in [7, 11) is 0. The highest BCUT2D eigenvalue weighted by molar-refractivity contribution is 6.32. The number of halogens is 1. The number of carbonyl (C=O) groups excluding carboxylic acids is 1. The van der Waals surface area contributed by atoms with E-state index in [1.807, 2.05) is 0 Å². The van der Waals surface area contributed by atoms with Crippen LogP contribution in [0.1, 0.15) is 40.4 Å². The Kier molecular flexibility index (Phi) is 5.61. The number of phenols is 1. The molecule has 2 N–H and O–H groups in total. The first-order valence-electron chi connectivity index (χ1n) is 8.62. The van der Waals surface area contributed by atoms with Crippen molar-refractivity contribution in [2.45, 2.75) is 25.8 Å². The van der Waals surface area contributed by atoms with Crippen LogP contribution in [0.25, 0.3) is 0 Å². The number of hydrogen-bond acceptors (Lipinski definition) is 3. The van der Waals surface area contributed by atoms with Crippen molar-refractivity contribution >= 4 is 17.5 Å². The summed E-state index contributed by atoms with van der Waals surface area (Å²) < 4.78 is 0. The Labute approximate surface area is 153 Å². The Balaban J connectivity index is 1.72. The van der Waals surface area contributed by atoms with Gasteiger partial charge in [-0.1, -0.05) is 41.4 Å². The number of aromatic hydroxyl groups is 1. The molecular formula is C20H23ClN2O2. The van der Waals surface area contributed by atoms with Gasteiger partial charge in [0.05, 0.1) is 11.1 Å². The van der Waals surface area contributed by atoms with Gasteiger partial charge in [0.1, 0.15) is 5.75 Å². The zero-order valence-electron chi connectivity index (χ0n) is 14.3. The fraction of sp³-hybridized carbons (Fsp3) is 0.350. The zero-order chi connectivity index (χ0) is 17.8. The first kappa shape index (κ1) is 17.8. The van der Waals surface area contributed by atoms with Gasteiger partial charge in [0.25, 0.3) is 5.91 Å². The van der Waals surface area contributed by atoms with Crippen LogP contribution in [-0.4, -0.2) is 35.5 Å². The molecule has 3 rings (SSSR count). The molecular weight excluding hydrogens is 336 g/mol. The number of aryl methyl sites for hydroxylation is 1. The molecule has 1 heterocycles. The largest absolute Gasteiger partial charge is 0.506 e. The first-order valence-corrected chi connectivity index (χ1v) is 9.00. The van der Waals surface area contributed by atoms with Crippen LogP contribution in [0.3, 0.4) is 0 Å². The van der Waals surface area contributed by atoms with E-state index < -0.39 is 0 Å². The molecule has 2 aromatic rings. The molecule has 132 valence electrons. The van der Waals surface area contributed by atoms with Gasteiger partial charge < -0.3 is 10.4 Å². The van der Waals surface area contributed by atoms with Gasteiger partial charge in [-0.3, -0.25) is 9.69 Å². The summed E-state index contributed by atoms with van der Waals surface area (Å²) in [5, 5.41) is 12.7. The molecule has 1 saturated heterocycles. The third-order valence-corrected chi connectivity index (χ3v) is 5.01. The van der Waals surface area contributed by atoms with Crippen LogP contribution >= 0.6 is 11.6 Å². The van der Waals surface area contributed by atoms with Gasteiger partial charge in [0.2, 0.25) is 0 Å². The number of nitrogens with one attached hydrogen (secondary N) is 1. The van der Waals surface area contributed by atoms with Crippen molar-refractivity contribution in [2.24, 2.45) is 0 Å². The average molecular weight is 359 g/mol. The van der Waals surface area contributed by atoms with E-state index >= 15 is 0 Å². The van der Waals surface area contributed by atoms with Crippen molar-refractivity contribution in [3.05, 3.63) is 64.2 Å². The number of hydrogen-bond donors (Lipinski definition) is 2. The number of benzene rings is 2. The normalized spacial score (nSPS) is 15.9. The molecule has 1 fully saturated rings. The van der Waals surface area contributed by atoms with Crippen molar-refractivity contribution in [1.29, 1.82) is 0 Å². The lowest BCUT2D eigenvalue weighted by Crippen LogP contribution is -2.36. The van der Waals surface area contributed by atoms with Crippen LogP contribution < -0.4 is 5.32 Å². The zero-order valence-corrected chi connectivity index (χ0v) is 15.1. The first-order chi connectivity index (χ1) is 12.0. The Morgan fingerprint density at radius 1 is 1.20 bits per heavy atom. The highest BCUT2D eigenvalue weighted by Gasteiger charge is 2.24. The topological polar surface area (TPSA) is 52.6 Å². The summed E-state index contributed by atoms with van der Waals surface area (Å²) in [6, 6.07) is 13.2. The number of rotatable bonds is 5. The van der Waals surface area contributed by atoms with E-state index in [1.165, 1.54) is 36.1 Å². The Bertz CT molecular complexity index is 740. The molecule has 0 saturated carbocycles. The second-order valence-electron chi connectivity index (χ2n) is 6.55. The maximum atomic E-state index is 12.4. The summed E-state index contributed by atoms with van der Waals surface area (Å²) in [6.45, 7) is 4.73. The molecule has 0 aromatic heterocycles. The van der Waals surface area contributed by atoms with Crippen LogP contribution in [0.4, 0.5) is 0 Å². The van der Waals surface area contributed by atoms with Crippen LogP contribution in [-0.2, 0) is 0 Å². The monoisotopic (exact) mass is 358 g/mol. The fourth-order valence-electron chi connectivity index (χ4n) is 3.24. The van der Waals surface area contributed by atoms with Gasteiger partial charge in [-0.15, -0.1) is 0 Å². The minimum atomic E-state index is -0.182. The summed E-state index contributed by atoms with van der Waals surface area (Å²) in [5.74, 6) is -0.203. The van der Waals surface area contributed by atoms with Crippen molar-refractivity contribution in [1.82, 2.24) is 10.2 Å². The Morgan fingerprint density at radius 2 is 1.88 bits per heavy atom. The molecule has 0 bridgehead atoms. The van der Waals surface area contributed by atoms with E-state index in [0.717, 1.165) is 13.1 Å². The highest BCUT2D eigenvalue weighted by atomic mass is 35.5. The maximum absolute atomic E-state index is 12.4. The van der Waals surface area contributed by atoms with Crippen LogP contribution in [0.15, 0.2) is 42.5 Å². The predicted molar refractivity (Wildman–Crippen MR) is 100 cm³/mol. The van der Waals surface area contributed by atoms with E-state index in [1.54, 1.807) is 6.07 Å². The van der Waals surface area contributed by atoms with Gasteiger partial charge in [-0.25, -0.2) is 0 Å². The molecule has 0 radical (unpaired) electrons. The molecule has 1 unspecified atom stereocenters. The van der Waals surface area contributed by atoms with Crippen LogP contribution in [0.5, 0.6) is 5.75 Å².